The van der Waals surface area contributed by atoms with Crippen LogP contribution in [0.25, 0.3) is 0 Å². The number of hydrogen-bond donors (Lipinski definition) is 0. The Morgan fingerprint density at radius 2 is 2.03 bits per heavy atom. The Hall–Kier alpha value is -2.59. The second kappa shape index (κ2) is 9.91. The van der Waals surface area contributed by atoms with Crippen LogP contribution in [0.15, 0.2) is 58.3 Å². The number of amides is 1. The maximum atomic E-state index is 13.1. The predicted octanol–water partition coefficient (Wildman–Crippen LogP) is 2.79. The zero-order chi connectivity index (χ0) is 22.6. The van der Waals surface area contributed by atoms with Gasteiger partial charge in [0.2, 0.25) is 5.91 Å². The number of carbonyl (C=O) groups is 1. The Balaban J connectivity index is 1.45. The Morgan fingerprint density at radius 3 is 2.69 bits per heavy atom. The van der Waals surface area contributed by atoms with Crippen molar-refractivity contribution in [1.29, 1.82) is 0 Å². The molecule has 170 valence electrons. The first-order valence-corrected chi connectivity index (χ1v) is 13.4. The number of benzene rings is 1. The van der Waals surface area contributed by atoms with Gasteiger partial charge in [-0.25, -0.2) is 8.42 Å². The number of carbonyl (C=O) groups excluding carboxylic acids is 1. The van der Waals surface area contributed by atoms with Crippen molar-refractivity contribution in [2.45, 2.75) is 44.1 Å². The van der Waals surface area contributed by atoms with E-state index >= 15 is 0 Å². The lowest BCUT2D eigenvalue weighted by Crippen LogP contribution is -2.41. The van der Waals surface area contributed by atoms with Crippen molar-refractivity contribution in [3.8, 4) is 0 Å². The summed E-state index contributed by atoms with van der Waals surface area (Å²) < 4.78 is 31.4. The third-order valence-electron chi connectivity index (χ3n) is 5.52. The molecule has 10 heteroatoms. The molecule has 2 aromatic heterocycles. The molecule has 1 aliphatic heterocycles. The summed E-state index contributed by atoms with van der Waals surface area (Å²) in [6, 6.07) is 13.3. The van der Waals surface area contributed by atoms with Gasteiger partial charge in [-0.1, -0.05) is 42.1 Å². The van der Waals surface area contributed by atoms with Gasteiger partial charge in [0.1, 0.15) is 11.6 Å². The van der Waals surface area contributed by atoms with E-state index in [2.05, 4.69) is 10.2 Å². The van der Waals surface area contributed by atoms with E-state index in [1.807, 2.05) is 41.8 Å². The summed E-state index contributed by atoms with van der Waals surface area (Å²) in [5, 5.41) is 9.32. The summed E-state index contributed by atoms with van der Waals surface area (Å²) in [6.07, 6.45) is 2.67. The smallest absolute Gasteiger partial charge is 0.233 e. The first-order chi connectivity index (χ1) is 15.4. The summed E-state index contributed by atoms with van der Waals surface area (Å²) in [6.45, 7) is 2.98. The van der Waals surface area contributed by atoms with Gasteiger partial charge in [-0.2, -0.15) is 0 Å². The molecule has 1 amide bonds. The zero-order valence-corrected chi connectivity index (χ0v) is 19.5. The topological polar surface area (TPSA) is 98.3 Å². The molecular formula is C22H26N4O4S2. The lowest BCUT2D eigenvalue weighted by molar-refractivity contribution is -0.131. The number of hydrogen-bond acceptors (Lipinski definition) is 7. The number of rotatable bonds is 9. The number of sulfone groups is 1. The molecule has 0 bridgehead atoms. The molecule has 1 unspecified atom stereocenters. The average Bonchev–Trinajstić information content (AvgIpc) is 3.51. The minimum atomic E-state index is -3.11. The molecule has 32 heavy (non-hydrogen) atoms. The van der Waals surface area contributed by atoms with E-state index in [9.17, 15) is 13.2 Å². The second-order valence-electron chi connectivity index (χ2n) is 7.75. The number of nitrogens with zero attached hydrogens (tertiary/aromatic N) is 4. The van der Waals surface area contributed by atoms with Crippen LogP contribution in [-0.2, 0) is 34.1 Å². The van der Waals surface area contributed by atoms with Crippen molar-refractivity contribution < 1.29 is 17.6 Å². The van der Waals surface area contributed by atoms with Crippen LogP contribution in [0.1, 0.15) is 30.5 Å². The van der Waals surface area contributed by atoms with E-state index in [0.29, 0.717) is 30.3 Å². The van der Waals surface area contributed by atoms with Gasteiger partial charge in [0.05, 0.1) is 30.1 Å². The molecule has 0 radical (unpaired) electrons. The van der Waals surface area contributed by atoms with Crippen molar-refractivity contribution in [2.24, 2.45) is 0 Å². The van der Waals surface area contributed by atoms with Crippen LogP contribution >= 0.6 is 11.8 Å². The summed E-state index contributed by atoms with van der Waals surface area (Å²) in [5.41, 5.74) is 1.15. The lowest BCUT2D eigenvalue weighted by atomic mass is 10.1. The molecule has 3 heterocycles. The minimum absolute atomic E-state index is 0.00349. The third-order valence-corrected chi connectivity index (χ3v) is 8.22. The summed E-state index contributed by atoms with van der Waals surface area (Å²) in [7, 11) is -3.11. The van der Waals surface area contributed by atoms with Crippen LogP contribution in [-0.4, -0.2) is 57.3 Å². The van der Waals surface area contributed by atoms with Gasteiger partial charge in [0.15, 0.2) is 15.0 Å². The lowest BCUT2D eigenvalue weighted by Gasteiger charge is -2.27. The molecule has 0 spiro atoms. The maximum Gasteiger partial charge on any atom is 0.233 e. The van der Waals surface area contributed by atoms with Gasteiger partial charge in [-0.3, -0.25) is 4.79 Å². The molecular weight excluding hydrogens is 448 g/mol. The highest BCUT2D eigenvalue weighted by atomic mass is 32.2. The number of furan rings is 1. The van der Waals surface area contributed by atoms with E-state index in [-0.39, 0.29) is 35.8 Å². The largest absolute Gasteiger partial charge is 0.467 e. The first-order valence-electron chi connectivity index (χ1n) is 10.6. The van der Waals surface area contributed by atoms with Gasteiger partial charge >= 0.3 is 0 Å². The normalized spacial score (nSPS) is 17.5. The molecule has 3 aromatic rings. The standard InChI is InChI=1S/C22H26N4O4S2/c1-2-25-20(13-17-7-4-3-5-8-17)23-24-22(25)31-15-21(27)26(14-19-9-6-11-30-19)18-10-12-32(28,29)16-18/h3-9,11,18H,2,10,12-16H2,1H3. The fraction of sp³-hybridized carbons (Fsp3) is 0.409. The monoisotopic (exact) mass is 474 g/mol. The van der Waals surface area contributed by atoms with E-state index in [0.717, 1.165) is 11.4 Å². The summed E-state index contributed by atoms with van der Waals surface area (Å²) in [4.78, 5) is 14.8. The third kappa shape index (κ3) is 5.42. The van der Waals surface area contributed by atoms with Gasteiger partial charge < -0.3 is 13.9 Å². The Bertz CT molecular complexity index is 1140. The summed E-state index contributed by atoms with van der Waals surface area (Å²) in [5.74, 6) is 1.61. The molecule has 1 fully saturated rings. The van der Waals surface area contributed by atoms with Crippen LogP contribution in [0.4, 0.5) is 0 Å². The minimum Gasteiger partial charge on any atom is -0.467 e. The van der Waals surface area contributed by atoms with Crippen LogP contribution in [0.5, 0.6) is 0 Å². The highest BCUT2D eigenvalue weighted by Gasteiger charge is 2.35. The van der Waals surface area contributed by atoms with E-state index in [4.69, 9.17) is 4.42 Å². The number of aromatic nitrogens is 3. The number of thioether (sulfide) groups is 1. The van der Waals surface area contributed by atoms with Gasteiger partial charge in [-0.15, -0.1) is 10.2 Å². The van der Waals surface area contributed by atoms with Crippen molar-refractivity contribution in [1.82, 2.24) is 19.7 Å². The highest BCUT2D eigenvalue weighted by Crippen LogP contribution is 2.24. The van der Waals surface area contributed by atoms with Gasteiger partial charge in [0.25, 0.3) is 0 Å². The Morgan fingerprint density at radius 1 is 1.22 bits per heavy atom. The zero-order valence-electron chi connectivity index (χ0n) is 17.9. The van der Waals surface area contributed by atoms with Crippen LogP contribution in [0.2, 0.25) is 0 Å². The van der Waals surface area contributed by atoms with Crippen LogP contribution in [0, 0.1) is 0 Å². The second-order valence-corrected chi connectivity index (χ2v) is 10.9. The maximum absolute atomic E-state index is 13.1. The van der Waals surface area contributed by atoms with Gasteiger partial charge in [0, 0.05) is 19.0 Å². The molecule has 0 aliphatic carbocycles. The molecule has 8 nitrogen and oxygen atoms in total. The average molecular weight is 475 g/mol. The summed E-state index contributed by atoms with van der Waals surface area (Å²) >= 11 is 1.33. The molecule has 0 saturated carbocycles. The van der Waals surface area contributed by atoms with Crippen LogP contribution in [0.3, 0.4) is 0 Å². The van der Waals surface area contributed by atoms with Crippen molar-refractivity contribution in [3.05, 3.63) is 65.9 Å². The molecule has 1 atom stereocenters. The fourth-order valence-corrected chi connectivity index (χ4v) is 6.51. The predicted molar refractivity (Wildman–Crippen MR) is 122 cm³/mol. The molecule has 0 N–H and O–H groups in total. The van der Waals surface area contributed by atoms with Crippen molar-refractivity contribution in [2.75, 3.05) is 17.3 Å². The molecule has 4 rings (SSSR count). The molecule has 1 aromatic carbocycles. The van der Waals surface area contributed by atoms with Gasteiger partial charge in [-0.05, 0) is 31.0 Å². The molecule has 1 saturated heterocycles. The van der Waals surface area contributed by atoms with E-state index < -0.39 is 9.84 Å². The first kappa shape index (κ1) is 22.6. The van der Waals surface area contributed by atoms with E-state index in [1.165, 1.54) is 11.8 Å². The Labute approximate surface area is 191 Å². The highest BCUT2D eigenvalue weighted by molar-refractivity contribution is 7.99. The van der Waals surface area contributed by atoms with E-state index in [1.54, 1.807) is 23.3 Å². The Kier molecular flexibility index (Phi) is 7.00. The quantitative estimate of drug-likeness (QED) is 0.440. The van der Waals surface area contributed by atoms with Crippen LogP contribution < -0.4 is 0 Å². The SMILES string of the molecule is CCn1c(Cc2ccccc2)nnc1SCC(=O)N(Cc1ccco1)C1CCS(=O)(=O)C1. The molecule has 1 aliphatic rings. The fourth-order valence-electron chi connectivity index (χ4n) is 3.87. The van der Waals surface area contributed by atoms with Crippen molar-refractivity contribution >= 4 is 27.5 Å². The van der Waals surface area contributed by atoms with Crippen molar-refractivity contribution in [3.63, 3.8) is 0 Å².